The Hall–Kier alpha value is -3.44. The van der Waals surface area contributed by atoms with E-state index < -0.39 is 39.6 Å². The van der Waals surface area contributed by atoms with Crippen LogP contribution in [0.4, 0.5) is 32.0 Å². The van der Waals surface area contributed by atoms with Crippen molar-refractivity contribution in [2.24, 2.45) is 0 Å². The number of nitro groups is 1. The maximum Gasteiger partial charge on any atom is 0.433 e. The average Bonchev–Trinajstić information content (AvgIpc) is 2.59. The quantitative estimate of drug-likeness (QED) is 0.334. The van der Waals surface area contributed by atoms with Crippen molar-refractivity contribution < 1.29 is 36.0 Å². The third kappa shape index (κ3) is 3.94. The van der Waals surface area contributed by atoms with Crippen molar-refractivity contribution in [3.05, 3.63) is 63.8 Å². The van der Waals surface area contributed by atoms with E-state index in [1.54, 1.807) is 0 Å². The van der Waals surface area contributed by atoms with Gasteiger partial charge in [-0.15, -0.1) is 0 Å². The highest BCUT2D eigenvalue weighted by Crippen LogP contribution is 2.38. The first-order valence-electron chi connectivity index (χ1n) is 7.33. The zero-order valence-corrected chi connectivity index (χ0v) is 13.4. The lowest BCUT2D eigenvalue weighted by molar-refractivity contribution is -0.384. The van der Waals surface area contributed by atoms with Crippen LogP contribution in [0.3, 0.4) is 0 Å². The van der Waals surface area contributed by atoms with Gasteiger partial charge in [0.2, 0.25) is 5.88 Å². The Kier molecular flexibility index (Phi) is 4.57. The number of nitrogens with zero attached hydrogens (tertiary/aromatic N) is 3. The number of hydrogen-bond acceptors (Lipinski definition) is 5. The van der Waals surface area contributed by atoms with Crippen LogP contribution in [0.2, 0.25) is 0 Å². The zero-order chi connectivity index (χ0) is 20.7. The van der Waals surface area contributed by atoms with Crippen molar-refractivity contribution in [1.82, 2.24) is 9.97 Å². The second-order valence-corrected chi connectivity index (χ2v) is 5.42. The Morgan fingerprint density at radius 2 is 1.54 bits per heavy atom. The second kappa shape index (κ2) is 6.62. The van der Waals surface area contributed by atoms with Gasteiger partial charge in [-0.05, 0) is 24.3 Å². The van der Waals surface area contributed by atoms with Crippen molar-refractivity contribution in [1.29, 1.82) is 0 Å². The summed E-state index contributed by atoms with van der Waals surface area (Å²) >= 11 is 0. The van der Waals surface area contributed by atoms with Crippen LogP contribution in [-0.2, 0) is 12.4 Å². The number of halogens is 6. The molecule has 2 heterocycles. The van der Waals surface area contributed by atoms with Crippen LogP contribution in [0, 0.1) is 10.1 Å². The molecule has 1 aromatic carbocycles. The molecule has 0 spiro atoms. The van der Waals surface area contributed by atoms with Gasteiger partial charge in [0, 0.05) is 23.6 Å². The van der Waals surface area contributed by atoms with Gasteiger partial charge >= 0.3 is 12.4 Å². The van der Waals surface area contributed by atoms with Gasteiger partial charge in [-0.2, -0.15) is 31.3 Å². The Morgan fingerprint density at radius 3 is 2.07 bits per heavy atom. The van der Waals surface area contributed by atoms with Gasteiger partial charge < -0.3 is 4.74 Å². The van der Waals surface area contributed by atoms with Gasteiger partial charge in [-0.3, -0.25) is 10.1 Å². The minimum absolute atomic E-state index is 0.0421. The lowest BCUT2D eigenvalue weighted by Crippen LogP contribution is -2.14. The molecular formula is C16H7F6N3O3. The summed E-state index contributed by atoms with van der Waals surface area (Å²) in [5.74, 6) is -0.290. The first-order chi connectivity index (χ1) is 12.9. The topological polar surface area (TPSA) is 78.2 Å². The highest BCUT2D eigenvalue weighted by Gasteiger charge is 2.39. The van der Waals surface area contributed by atoms with Crippen LogP contribution in [-0.4, -0.2) is 14.9 Å². The van der Waals surface area contributed by atoms with Gasteiger partial charge in [0.25, 0.3) is 5.69 Å². The summed E-state index contributed by atoms with van der Waals surface area (Å²) < 4.78 is 83.3. The van der Waals surface area contributed by atoms with Crippen LogP contribution in [0.15, 0.2) is 42.5 Å². The number of pyridine rings is 2. The first kappa shape index (κ1) is 19.3. The summed E-state index contributed by atoms with van der Waals surface area (Å²) in [5.41, 5.74) is -4.31. The number of benzene rings is 1. The number of non-ortho nitro benzene ring substituents is 1. The molecule has 12 heteroatoms. The molecule has 0 amide bonds. The summed E-state index contributed by atoms with van der Waals surface area (Å²) in [6.07, 6.45) is -10.2. The number of alkyl halides is 6. The minimum atomic E-state index is -5.11. The molecule has 146 valence electrons. The predicted molar refractivity (Wildman–Crippen MR) is 82.7 cm³/mol. The van der Waals surface area contributed by atoms with E-state index in [1.807, 2.05) is 0 Å². The number of aromatic nitrogens is 2. The van der Waals surface area contributed by atoms with Gasteiger partial charge in [-0.25, -0.2) is 4.98 Å². The maximum atomic E-state index is 13.1. The molecule has 0 bridgehead atoms. The lowest BCUT2D eigenvalue weighted by Gasteiger charge is -2.14. The largest absolute Gasteiger partial charge is 0.439 e. The highest BCUT2D eigenvalue weighted by molar-refractivity contribution is 5.80. The van der Waals surface area contributed by atoms with E-state index in [0.717, 1.165) is 24.3 Å². The molecular weight excluding hydrogens is 396 g/mol. The van der Waals surface area contributed by atoms with E-state index in [4.69, 9.17) is 4.74 Å². The van der Waals surface area contributed by atoms with Gasteiger partial charge in [0.05, 0.1) is 10.5 Å². The molecule has 0 aliphatic heterocycles. The fourth-order valence-electron chi connectivity index (χ4n) is 2.28. The van der Waals surface area contributed by atoms with Crippen LogP contribution in [0.25, 0.3) is 11.0 Å². The number of rotatable bonds is 3. The number of fused-ring (bicyclic) bond motifs is 1. The Labute approximate surface area is 151 Å². The molecule has 6 nitrogen and oxygen atoms in total. The van der Waals surface area contributed by atoms with Crippen LogP contribution in [0.5, 0.6) is 11.6 Å². The molecule has 3 aromatic rings. The fraction of sp³-hybridized carbons (Fsp3) is 0.125. The second-order valence-electron chi connectivity index (χ2n) is 5.42. The summed E-state index contributed by atoms with van der Waals surface area (Å²) in [4.78, 5) is 16.7. The van der Waals surface area contributed by atoms with Gasteiger partial charge in [0.15, 0.2) is 5.65 Å². The third-order valence-electron chi connectivity index (χ3n) is 3.51. The third-order valence-corrected chi connectivity index (χ3v) is 3.51. The summed E-state index contributed by atoms with van der Waals surface area (Å²) in [7, 11) is 0. The zero-order valence-electron chi connectivity index (χ0n) is 13.4. The van der Waals surface area contributed by atoms with Crippen molar-refractivity contribution in [2.45, 2.75) is 12.4 Å². The van der Waals surface area contributed by atoms with E-state index in [2.05, 4.69) is 9.97 Å². The Morgan fingerprint density at radius 1 is 0.893 bits per heavy atom. The molecule has 0 N–H and O–H groups in total. The molecule has 0 unspecified atom stereocenters. The number of nitro benzene ring substituents is 1. The van der Waals surface area contributed by atoms with Crippen LogP contribution < -0.4 is 4.74 Å². The molecule has 28 heavy (non-hydrogen) atoms. The van der Waals surface area contributed by atoms with Crippen molar-refractivity contribution in [3.8, 4) is 11.6 Å². The smallest absolute Gasteiger partial charge is 0.433 e. The average molecular weight is 403 g/mol. The van der Waals surface area contributed by atoms with E-state index in [1.165, 1.54) is 12.1 Å². The summed E-state index contributed by atoms with van der Waals surface area (Å²) in [6.45, 7) is 0. The van der Waals surface area contributed by atoms with Gasteiger partial charge in [0.1, 0.15) is 11.4 Å². The number of ether oxygens (including phenoxy) is 1. The van der Waals surface area contributed by atoms with Crippen LogP contribution >= 0.6 is 0 Å². The monoisotopic (exact) mass is 403 g/mol. The molecule has 0 saturated carbocycles. The normalized spacial score (nSPS) is 12.2. The summed E-state index contributed by atoms with van der Waals surface area (Å²) in [5, 5.41) is 9.97. The van der Waals surface area contributed by atoms with E-state index >= 15 is 0 Å². The molecule has 2 aromatic heterocycles. The van der Waals surface area contributed by atoms with E-state index in [-0.39, 0.29) is 23.4 Å². The number of hydrogen-bond donors (Lipinski definition) is 0. The molecule has 0 saturated heterocycles. The van der Waals surface area contributed by atoms with Gasteiger partial charge in [-0.1, -0.05) is 0 Å². The van der Waals surface area contributed by atoms with E-state index in [9.17, 15) is 36.5 Å². The Balaban J connectivity index is 2.05. The summed E-state index contributed by atoms with van der Waals surface area (Å²) in [6, 6.07) is 6.44. The standard InChI is InChI=1S/C16H7F6N3O3/c17-15(18,19)11-7-12(16(20,21)22)23-14-10(11)5-6-13(24-14)28-9-3-1-8(2-4-9)25(26)27/h1-7H. The minimum Gasteiger partial charge on any atom is -0.439 e. The maximum absolute atomic E-state index is 13.1. The lowest BCUT2D eigenvalue weighted by atomic mass is 10.1. The van der Waals surface area contributed by atoms with Crippen molar-refractivity contribution in [2.75, 3.05) is 0 Å². The van der Waals surface area contributed by atoms with Crippen LogP contribution in [0.1, 0.15) is 11.3 Å². The van der Waals surface area contributed by atoms with Crippen molar-refractivity contribution >= 4 is 16.7 Å². The molecule has 0 atom stereocenters. The molecule has 0 aliphatic carbocycles. The SMILES string of the molecule is O=[N+]([O-])c1ccc(Oc2ccc3c(C(F)(F)F)cc(C(F)(F)F)nc3n2)cc1. The molecule has 0 fully saturated rings. The molecule has 3 rings (SSSR count). The molecule has 0 aliphatic rings. The van der Waals surface area contributed by atoms with E-state index in [0.29, 0.717) is 0 Å². The van der Waals surface area contributed by atoms with Crippen molar-refractivity contribution in [3.63, 3.8) is 0 Å². The highest BCUT2D eigenvalue weighted by atomic mass is 19.4. The molecule has 0 radical (unpaired) electrons. The fourth-order valence-corrected chi connectivity index (χ4v) is 2.28. The Bertz CT molecular complexity index is 1050. The predicted octanol–water partition coefficient (Wildman–Crippen LogP) is 5.37. The first-order valence-corrected chi connectivity index (χ1v) is 7.33.